The number of carboxylic acids is 1. The average Bonchev–Trinajstić information content (AvgIpc) is 2.80. The maximum absolute atomic E-state index is 12.5. The minimum atomic E-state index is -3.93. The summed E-state index contributed by atoms with van der Waals surface area (Å²) in [6.45, 7) is 3.04. The van der Waals surface area contributed by atoms with E-state index < -0.39 is 22.0 Å². The summed E-state index contributed by atoms with van der Waals surface area (Å²) in [5.74, 6) is 0.254. The molecule has 10 heteroatoms. The molecule has 32 heavy (non-hydrogen) atoms. The third-order valence-corrected chi connectivity index (χ3v) is 6.28. The van der Waals surface area contributed by atoms with Gasteiger partial charge in [0.2, 0.25) is 10.0 Å². The van der Waals surface area contributed by atoms with Gasteiger partial charge in [0.15, 0.2) is 5.96 Å². The molecule has 2 aromatic rings. The van der Waals surface area contributed by atoms with Gasteiger partial charge in [-0.2, -0.15) is 4.72 Å². The fourth-order valence-electron chi connectivity index (χ4n) is 3.11. The van der Waals surface area contributed by atoms with E-state index in [2.05, 4.69) is 20.3 Å². The van der Waals surface area contributed by atoms with Crippen LogP contribution < -0.4 is 20.1 Å². The molecule has 0 saturated heterocycles. The predicted octanol–water partition coefficient (Wildman–Crippen LogP) is 1.37. The van der Waals surface area contributed by atoms with Crippen LogP contribution in [-0.4, -0.2) is 57.7 Å². The predicted molar refractivity (Wildman–Crippen MR) is 121 cm³/mol. The molecule has 172 valence electrons. The highest BCUT2D eigenvalue weighted by molar-refractivity contribution is 7.89. The van der Waals surface area contributed by atoms with Crippen molar-refractivity contribution in [3.8, 4) is 5.75 Å². The normalized spacial score (nSPS) is 14.7. The molecule has 9 nitrogen and oxygen atoms in total. The number of sulfonamides is 1. The Morgan fingerprint density at radius 1 is 1.16 bits per heavy atom. The Bertz CT molecular complexity index is 1010. The van der Waals surface area contributed by atoms with Gasteiger partial charge in [-0.05, 0) is 49.1 Å². The largest absolute Gasteiger partial charge is 0.494 e. The molecule has 0 amide bonds. The summed E-state index contributed by atoms with van der Waals surface area (Å²) in [6, 6.07) is 13.4. The molecule has 1 atom stereocenters. The second kappa shape index (κ2) is 11.5. The number of benzene rings is 2. The van der Waals surface area contributed by atoms with Gasteiger partial charge >= 0.3 is 5.97 Å². The van der Waals surface area contributed by atoms with Gasteiger partial charge < -0.3 is 20.5 Å². The lowest BCUT2D eigenvalue weighted by Gasteiger charge is -2.16. The van der Waals surface area contributed by atoms with Crippen molar-refractivity contribution in [3.05, 3.63) is 60.2 Å². The van der Waals surface area contributed by atoms with Crippen LogP contribution >= 0.6 is 0 Å². The maximum atomic E-state index is 12.5. The van der Waals surface area contributed by atoms with Crippen molar-refractivity contribution < 1.29 is 23.1 Å². The lowest BCUT2D eigenvalue weighted by Crippen LogP contribution is -2.42. The summed E-state index contributed by atoms with van der Waals surface area (Å²) in [6.07, 6.45) is 1.86. The Hall–Kier alpha value is -3.11. The Labute approximate surface area is 188 Å². The molecule has 0 aliphatic carbocycles. The Morgan fingerprint density at radius 3 is 2.56 bits per heavy atom. The first kappa shape index (κ1) is 23.6. The molecule has 1 aliphatic rings. The molecular weight excluding hydrogens is 432 g/mol. The van der Waals surface area contributed by atoms with E-state index in [-0.39, 0.29) is 11.3 Å². The van der Waals surface area contributed by atoms with Gasteiger partial charge in [-0.15, -0.1) is 0 Å². The van der Waals surface area contributed by atoms with E-state index in [1.165, 1.54) is 12.1 Å². The highest BCUT2D eigenvalue weighted by atomic mass is 32.2. The summed E-state index contributed by atoms with van der Waals surface area (Å²) in [5.41, 5.74) is 0.684. The number of guanidine groups is 1. The number of carbonyl (C=O) groups is 1. The second-order valence-corrected chi connectivity index (χ2v) is 9.03. The van der Waals surface area contributed by atoms with Gasteiger partial charge in [0.1, 0.15) is 11.8 Å². The van der Waals surface area contributed by atoms with Crippen LogP contribution in [0.15, 0.2) is 64.5 Å². The van der Waals surface area contributed by atoms with E-state index in [0.717, 1.165) is 38.4 Å². The molecular formula is C22H28N4O5S. The first-order chi connectivity index (χ1) is 15.4. The van der Waals surface area contributed by atoms with Crippen LogP contribution in [0.3, 0.4) is 0 Å². The number of carboxylic acid groups (broad SMARTS) is 1. The van der Waals surface area contributed by atoms with Crippen LogP contribution in [-0.2, 0) is 21.2 Å². The SMILES string of the molecule is O=C(O)[C@H](Cc1ccc(OCCCNC2=NCCCN2)cc1)NS(=O)(=O)c1ccccc1. The number of nitrogens with one attached hydrogen (secondary N) is 3. The van der Waals surface area contributed by atoms with Crippen LogP contribution in [0, 0.1) is 0 Å². The highest BCUT2D eigenvalue weighted by Gasteiger charge is 2.25. The quantitative estimate of drug-likeness (QED) is 0.373. The van der Waals surface area contributed by atoms with E-state index in [1.54, 1.807) is 42.5 Å². The summed E-state index contributed by atoms with van der Waals surface area (Å²) in [5, 5.41) is 15.9. The molecule has 3 rings (SSSR count). The molecule has 0 bridgehead atoms. The number of aliphatic imine (C=N–C) groups is 1. The summed E-state index contributed by atoms with van der Waals surface area (Å²) >= 11 is 0. The third-order valence-electron chi connectivity index (χ3n) is 4.79. The molecule has 0 unspecified atom stereocenters. The lowest BCUT2D eigenvalue weighted by atomic mass is 10.1. The van der Waals surface area contributed by atoms with Gasteiger partial charge in [0, 0.05) is 19.6 Å². The standard InChI is InChI=1S/C22H28N4O5S/c27-21(28)20(26-32(29,30)19-6-2-1-3-7-19)16-17-8-10-18(11-9-17)31-15-5-14-25-22-23-12-4-13-24-22/h1-3,6-11,20,26H,4-5,12-16H2,(H,27,28)(H2,23,24,25)/t20-/m0/s1. The molecule has 0 fully saturated rings. The maximum Gasteiger partial charge on any atom is 0.322 e. The number of hydrogen-bond donors (Lipinski definition) is 4. The van der Waals surface area contributed by atoms with Crippen LogP contribution in [0.5, 0.6) is 5.75 Å². The molecule has 2 aromatic carbocycles. The number of nitrogens with zero attached hydrogens (tertiary/aromatic N) is 1. The fraction of sp³-hybridized carbons (Fsp3) is 0.364. The fourth-order valence-corrected chi connectivity index (χ4v) is 4.32. The first-order valence-electron chi connectivity index (χ1n) is 10.5. The van der Waals surface area contributed by atoms with E-state index in [4.69, 9.17) is 4.74 Å². The number of rotatable bonds is 11. The second-order valence-electron chi connectivity index (χ2n) is 7.31. The van der Waals surface area contributed by atoms with Crippen LogP contribution in [0.1, 0.15) is 18.4 Å². The number of hydrogen-bond acceptors (Lipinski definition) is 7. The average molecular weight is 461 g/mol. The van der Waals surface area contributed by atoms with Crippen molar-refractivity contribution in [3.63, 3.8) is 0 Å². The zero-order valence-corrected chi connectivity index (χ0v) is 18.5. The van der Waals surface area contributed by atoms with Crippen molar-refractivity contribution in [2.24, 2.45) is 4.99 Å². The van der Waals surface area contributed by atoms with Crippen LogP contribution in [0.25, 0.3) is 0 Å². The first-order valence-corrected chi connectivity index (χ1v) is 12.0. The highest BCUT2D eigenvalue weighted by Crippen LogP contribution is 2.15. The van der Waals surface area contributed by atoms with E-state index >= 15 is 0 Å². The summed E-state index contributed by atoms with van der Waals surface area (Å²) in [7, 11) is -3.93. The molecule has 0 aromatic heterocycles. The van der Waals surface area contributed by atoms with Crippen molar-refractivity contribution >= 4 is 22.0 Å². The van der Waals surface area contributed by atoms with Gasteiger partial charge in [-0.1, -0.05) is 30.3 Å². The smallest absolute Gasteiger partial charge is 0.322 e. The zero-order valence-electron chi connectivity index (χ0n) is 17.7. The van der Waals surface area contributed by atoms with Crippen LogP contribution in [0.2, 0.25) is 0 Å². The van der Waals surface area contributed by atoms with Gasteiger partial charge in [-0.3, -0.25) is 9.79 Å². The third kappa shape index (κ3) is 7.24. The minimum Gasteiger partial charge on any atom is -0.494 e. The molecule has 0 saturated carbocycles. The summed E-state index contributed by atoms with van der Waals surface area (Å²) in [4.78, 5) is 16.0. The number of aliphatic carboxylic acids is 1. The summed E-state index contributed by atoms with van der Waals surface area (Å²) < 4.78 is 32.9. The molecule has 1 aliphatic heterocycles. The molecule has 4 N–H and O–H groups in total. The lowest BCUT2D eigenvalue weighted by molar-refractivity contribution is -0.138. The monoisotopic (exact) mass is 460 g/mol. The van der Waals surface area contributed by atoms with Crippen molar-refractivity contribution in [1.29, 1.82) is 0 Å². The van der Waals surface area contributed by atoms with E-state index in [0.29, 0.717) is 17.9 Å². The van der Waals surface area contributed by atoms with Gasteiger partial charge in [0.05, 0.1) is 11.5 Å². The van der Waals surface area contributed by atoms with Gasteiger partial charge in [0.25, 0.3) is 0 Å². The molecule has 0 radical (unpaired) electrons. The van der Waals surface area contributed by atoms with Crippen molar-refractivity contribution in [2.75, 3.05) is 26.2 Å². The van der Waals surface area contributed by atoms with Gasteiger partial charge in [-0.25, -0.2) is 8.42 Å². The van der Waals surface area contributed by atoms with Crippen LogP contribution in [0.4, 0.5) is 0 Å². The zero-order chi connectivity index (χ0) is 22.8. The Balaban J connectivity index is 1.47. The minimum absolute atomic E-state index is 0.0146. The topological polar surface area (TPSA) is 129 Å². The Morgan fingerprint density at radius 2 is 1.91 bits per heavy atom. The van der Waals surface area contributed by atoms with Crippen molar-refractivity contribution in [2.45, 2.75) is 30.2 Å². The number of ether oxygens (including phenoxy) is 1. The van der Waals surface area contributed by atoms with Crippen molar-refractivity contribution in [1.82, 2.24) is 15.4 Å². The Kier molecular flexibility index (Phi) is 8.46. The van der Waals surface area contributed by atoms with E-state index in [1.807, 2.05) is 0 Å². The molecule has 1 heterocycles. The van der Waals surface area contributed by atoms with E-state index in [9.17, 15) is 18.3 Å². The molecule has 0 spiro atoms.